The van der Waals surface area contributed by atoms with Gasteiger partial charge in [0, 0.05) is 5.69 Å². The molecule has 2 aromatic carbocycles. The van der Waals surface area contributed by atoms with Gasteiger partial charge in [-0.1, -0.05) is 0 Å². The lowest BCUT2D eigenvalue weighted by atomic mass is 10.1. The van der Waals surface area contributed by atoms with Crippen LogP contribution in [0, 0.1) is 17.1 Å². The van der Waals surface area contributed by atoms with E-state index in [4.69, 9.17) is 5.26 Å². The number of hydrogen-bond acceptors (Lipinski definition) is 4. The predicted octanol–water partition coefficient (Wildman–Crippen LogP) is 2.74. The molecule has 2 rings (SSSR count). The van der Waals surface area contributed by atoms with E-state index in [0.29, 0.717) is 11.3 Å². The van der Waals surface area contributed by atoms with Gasteiger partial charge in [0.2, 0.25) is 0 Å². The highest BCUT2D eigenvalue weighted by atomic mass is 19.1. The number of benzene rings is 2. The number of carbonyl (C=O) groups is 2. The summed E-state index contributed by atoms with van der Waals surface area (Å²) in [6.45, 7) is 0. The summed E-state index contributed by atoms with van der Waals surface area (Å²) in [5.74, 6) is -1.91. The quantitative estimate of drug-likeness (QED) is 0.884. The molecule has 0 aliphatic carbocycles. The van der Waals surface area contributed by atoms with E-state index in [1.54, 1.807) is 6.07 Å². The van der Waals surface area contributed by atoms with E-state index in [1.165, 1.54) is 43.5 Å². The Hall–Kier alpha value is -3.20. The Bertz CT molecular complexity index is 764. The van der Waals surface area contributed by atoms with Gasteiger partial charge in [-0.2, -0.15) is 5.26 Å². The molecule has 0 atom stereocenters. The van der Waals surface area contributed by atoms with Gasteiger partial charge in [-0.25, -0.2) is 9.18 Å². The number of anilines is 1. The third-order valence-corrected chi connectivity index (χ3v) is 2.91. The molecule has 0 aromatic heterocycles. The van der Waals surface area contributed by atoms with Gasteiger partial charge in [0.1, 0.15) is 5.82 Å². The van der Waals surface area contributed by atoms with Crippen molar-refractivity contribution in [2.45, 2.75) is 0 Å². The summed E-state index contributed by atoms with van der Waals surface area (Å²) >= 11 is 0. The summed E-state index contributed by atoms with van der Waals surface area (Å²) in [5, 5.41) is 11.2. The van der Waals surface area contributed by atoms with E-state index in [-0.39, 0.29) is 11.1 Å². The second kappa shape index (κ2) is 6.50. The van der Waals surface area contributed by atoms with E-state index in [1.807, 2.05) is 0 Å². The average Bonchev–Trinajstić information content (AvgIpc) is 2.54. The van der Waals surface area contributed by atoms with Gasteiger partial charge >= 0.3 is 5.97 Å². The first-order valence-electron chi connectivity index (χ1n) is 6.24. The van der Waals surface area contributed by atoms with Gasteiger partial charge in [-0.05, 0) is 42.5 Å². The fourth-order valence-corrected chi connectivity index (χ4v) is 1.77. The fourth-order valence-electron chi connectivity index (χ4n) is 1.77. The van der Waals surface area contributed by atoms with Gasteiger partial charge in [0.25, 0.3) is 5.91 Å². The largest absolute Gasteiger partial charge is 0.465 e. The van der Waals surface area contributed by atoms with E-state index < -0.39 is 17.7 Å². The SMILES string of the molecule is COC(=O)c1ccc(NC(=O)c2ccc(C#N)cc2F)cc1. The molecule has 0 fully saturated rings. The summed E-state index contributed by atoms with van der Waals surface area (Å²) in [5.41, 5.74) is 0.707. The maximum atomic E-state index is 13.7. The molecule has 0 saturated carbocycles. The van der Waals surface area contributed by atoms with Crippen LogP contribution in [0.2, 0.25) is 0 Å². The molecule has 0 aliphatic rings. The molecule has 1 amide bonds. The Kier molecular flexibility index (Phi) is 4.49. The van der Waals surface area contributed by atoms with Crippen molar-refractivity contribution in [3.8, 4) is 6.07 Å². The minimum atomic E-state index is -0.775. The van der Waals surface area contributed by atoms with Crippen molar-refractivity contribution >= 4 is 17.6 Å². The van der Waals surface area contributed by atoms with Crippen LogP contribution in [0.15, 0.2) is 42.5 Å². The molecule has 2 aromatic rings. The Labute approximate surface area is 125 Å². The number of nitrogens with zero attached hydrogens (tertiary/aromatic N) is 1. The zero-order valence-electron chi connectivity index (χ0n) is 11.6. The Morgan fingerprint density at radius 3 is 2.41 bits per heavy atom. The molecule has 22 heavy (non-hydrogen) atoms. The van der Waals surface area contributed by atoms with Crippen LogP contribution in [0.3, 0.4) is 0 Å². The molecule has 0 spiro atoms. The van der Waals surface area contributed by atoms with Crippen molar-refractivity contribution in [3.63, 3.8) is 0 Å². The normalized spacial score (nSPS) is 9.68. The zero-order chi connectivity index (χ0) is 16.1. The van der Waals surface area contributed by atoms with Crippen LogP contribution in [0.25, 0.3) is 0 Å². The van der Waals surface area contributed by atoms with Crippen LogP contribution in [0.4, 0.5) is 10.1 Å². The van der Waals surface area contributed by atoms with Crippen LogP contribution in [0.5, 0.6) is 0 Å². The van der Waals surface area contributed by atoms with E-state index in [9.17, 15) is 14.0 Å². The zero-order valence-corrected chi connectivity index (χ0v) is 11.6. The lowest BCUT2D eigenvalue weighted by Crippen LogP contribution is -2.14. The summed E-state index contributed by atoms with van der Waals surface area (Å²) in [6, 6.07) is 11.4. The fraction of sp³-hybridized carbons (Fsp3) is 0.0625. The molecule has 6 heteroatoms. The number of halogens is 1. The monoisotopic (exact) mass is 298 g/mol. The molecule has 0 bridgehead atoms. The summed E-state index contributed by atoms with van der Waals surface area (Å²) in [6.07, 6.45) is 0. The highest BCUT2D eigenvalue weighted by Crippen LogP contribution is 2.15. The molecule has 0 saturated heterocycles. The molecule has 0 radical (unpaired) electrons. The number of amides is 1. The maximum absolute atomic E-state index is 13.7. The third-order valence-electron chi connectivity index (χ3n) is 2.91. The highest BCUT2D eigenvalue weighted by molar-refractivity contribution is 6.04. The second-order valence-corrected chi connectivity index (χ2v) is 4.33. The maximum Gasteiger partial charge on any atom is 0.337 e. The lowest BCUT2D eigenvalue weighted by molar-refractivity contribution is 0.0600. The number of nitriles is 1. The number of carbonyl (C=O) groups excluding carboxylic acids is 2. The number of methoxy groups -OCH3 is 1. The lowest BCUT2D eigenvalue weighted by Gasteiger charge is -2.07. The number of esters is 1. The predicted molar refractivity (Wildman–Crippen MR) is 76.8 cm³/mol. The van der Waals surface area contributed by atoms with Crippen molar-refractivity contribution in [2.24, 2.45) is 0 Å². The summed E-state index contributed by atoms with van der Waals surface area (Å²) in [7, 11) is 1.27. The standard InChI is InChI=1S/C16H11FN2O3/c1-22-16(21)11-3-5-12(6-4-11)19-15(20)13-7-2-10(9-18)8-14(13)17/h2-8H,1H3,(H,19,20). The molecule has 0 unspecified atom stereocenters. The van der Waals surface area contributed by atoms with Crippen molar-refractivity contribution in [2.75, 3.05) is 12.4 Å². The summed E-state index contributed by atoms with van der Waals surface area (Å²) < 4.78 is 18.3. The molecule has 0 heterocycles. The van der Waals surface area contributed by atoms with Gasteiger partial charge in [-0.3, -0.25) is 4.79 Å². The smallest absolute Gasteiger partial charge is 0.337 e. The number of ether oxygens (including phenoxy) is 1. The van der Waals surface area contributed by atoms with Crippen molar-refractivity contribution < 1.29 is 18.7 Å². The van der Waals surface area contributed by atoms with Gasteiger partial charge < -0.3 is 10.1 Å². The first-order valence-corrected chi connectivity index (χ1v) is 6.24. The van der Waals surface area contributed by atoms with Gasteiger partial charge in [0.05, 0.1) is 29.9 Å². The Morgan fingerprint density at radius 1 is 1.18 bits per heavy atom. The van der Waals surface area contributed by atoms with Crippen molar-refractivity contribution in [3.05, 3.63) is 65.0 Å². The first kappa shape index (κ1) is 15.2. The molecular formula is C16H11FN2O3. The topological polar surface area (TPSA) is 79.2 Å². The molecule has 5 nitrogen and oxygen atoms in total. The number of hydrogen-bond donors (Lipinski definition) is 1. The average molecular weight is 298 g/mol. The van der Waals surface area contributed by atoms with Gasteiger partial charge in [-0.15, -0.1) is 0 Å². The molecule has 0 aliphatic heterocycles. The van der Waals surface area contributed by atoms with Crippen molar-refractivity contribution in [1.82, 2.24) is 0 Å². The van der Waals surface area contributed by atoms with Crippen LogP contribution in [0.1, 0.15) is 26.3 Å². The van der Waals surface area contributed by atoms with Crippen LogP contribution in [-0.4, -0.2) is 19.0 Å². The minimum Gasteiger partial charge on any atom is -0.465 e. The van der Waals surface area contributed by atoms with E-state index >= 15 is 0 Å². The van der Waals surface area contributed by atoms with E-state index in [2.05, 4.69) is 10.1 Å². The van der Waals surface area contributed by atoms with E-state index in [0.717, 1.165) is 6.07 Å². The Morgan fingerprint density at radius 2 is 1.86 bits per heavy atom. The minimum absolute atomic E-state index is 0.136. The molecule has 1 N–H and O–H groups in total. The Balaban J connectivity index is 2.15. The summed E-state index contributed by atoms with van der Waals surface area (Å²) in [4.78, 5) is 23.3. The van der Waals surface area contributed by atoms with Crippen LogP contribution in [-0.2, 0) is 4.74 Å². The van der Waals surface area contributed by atoms with Crippen LogP contribution >= 0.6 is 0 Å². The first-order chi connectivity index (χ1) is 10.5. The second-order valence-electron chi connectivity index (χ2n) is 4.33. The van der Waals surface area contributed by atoms with Gasteiger partial charge in [0.15, 0.2) is 0 Å². The third kappa shape index (κ3) is 3.27. The number of rotatable bonds is 3. The number of nitrogens with one attached hydrogen (secondary N) is 1. The molecular weight excluding hydrogens is 287 g/mol. The van der Waals surface area contributed by atoms with Crippen molar-refractivity contribution in [1.29, 1.82) is 5.26 Å². The molecule has 110 valence electrons. The highest BCUT2D eigenvalue weighted by Gasteiger charge is 2.13. The van der Waals surface area contributed by atoms with Crippen LogP contribution < -0.4 is 5.32 Å².